The van der Waals surface area contributed by atoms with Crippen LogP contribution >= 0.6 is 11.6 Å². The Kier molecular flexibility index (Phi) is 4.41. The zero-order valence-electron chi connectivity index (χ0n) is 11.9. The first-order chi connectivity index (χ1) is 10.2. The molecule has 0 spiro atoms. The first kappa shape index (κ1) is 16.3. The standard InChI is InChI=1S/C13H12ClF3N4O/c1-7(20-22-3)11-6-21(8(2)19-11)12-10(14)4-9(5-18-12)13(15,16)17/h4-6H,1-3H3/b20-7+. The molecule has 2 aromatic heterocycles. The largest absolute Gasteiger partial charge is 0.417 e. The van der Waals surface area contributed by atoms with Crippen molar-refractivity contribution in [2.24, 2.45) is 5.16 Å². The van der Waals surface area contributed by atoms with E-state index in [0.29, 0.717) is 17.2 Å². The lowest BCUT2D eigenvalue weighted by molar-refractivity contribution is -0.137. The highest BCUT2D eigenvalue weighted by molar-refractivity contribution is 6.32. The fourth-order valence-electron chi connectivity index (χ4n) is 1.81. The van der Waals surface area contributed by atoms with Gasteiger partial charge in [-0.3, -0.25) is 4.57 Å². The number of oxime groups is 1. The van der Waals surface area contributed by atoms with Gasteiger partial charge in [-0.2, -0.15) is 13.2 Å². The Balaban J connectivity index is 2.47. The Morgan fingerprint density at radius 2 is 2.09 bits per heavy atom. The van der Waals surface area contributed by atoms with Gasteiger partial charge in [0.25, 0.3) is 0 Å². The summed E-state index contributed by atoms with van der Waals surface area (Å²) in [6.07, 6.45) is -2.18. The third-order valence-corrected chi connectivity index (χ3v) is 3.14. The fourth-order valence-corrected chi connectivity index (χ4v) is 2.07. The minimum atomic E-state index is -4.49. The molecule has 118 valence electrons. The highest BCUT2D eigenvalue weighted by atomic mass is 35.5. The molecule has 0 radical (unpaired) electrons. The summed E-state index contributed by atoms with van der Waals surface area (Å²) in [5.41, 5.74) is 0.126. The predicted molar refractivity (Wildman–Crippen MR) is 75.3 cm³/mol. The number of alkyl halides is 3. The van der Waals surface area contributed by atoms with E-state index in [1.165, 1.54) is 11.7 Å². The Bertz CT molecular complexity index is 725. The Labute approximate surface area is 129 Å². The Hall–Kier alpha value is -2.09. The van der Waals surface area contributed by atoms with Crippen LogP contribution in [-0.4, -0.2) is 27.4 Å². The maximum absolute atomic E-state index is 12.6. The molecule has 0 atom stereocenters. The minimum absolute atomic E-state index is 0.122. The lowest BCUT2D eigenvalue weighted by Gasteiger charge is -2.10. The molecule has 5 nitrogen and oxygen atoms in total. The van der Waals surface area contributed by atoms with Crippen molar-refractivity contribution in [3.8, 4) is 5.82 Å². The van der Waals surface area contributed by atoms with E-state index in [9.17, 15) is 13.2 Å². The van der Waals surface area contributed by atoms with Crippen molar-refractivity contribution >= 4 is 17.3 Å². The van der Waals surface area contributed by atoms with Crippen molar-refractivity contribution in [1.82, 2.24) is 14.5 Å². The van der Waals surface area contributed by atoms with Crippen LogP contribution in [0.3, 0.4) is 0 Å². The predicted octanol–water partition coefficient (Wildman–Crippen LogP) is 3.62. The summed E-state index contributed by atoms with van der Waals surface area (Å²) < 4.78 is 39.4. The van der Waals surface area contributed by atoms with Crippen LogP contribution in [0.25, 0.3) is 5.82 Å². The molecule has 0 N–H and O–H groups in total. The van der Waals surface area contributed by atoms with E-state index < -0.39 is 11.7 Å². The summed E-state index contributed by atoms with van der Waals surface area (Å²) >= 11 is 5.93. The summed E-state index contributed by atoms with van der Waals surface area (Å²) in [5.74, 6) is 0.672. The number of hydrogen-bond acceptors (Lipinski definition) is 4. The maximum Gasteiger partial charge on any atom is 0.417 e. The van der Waals surface area contributed by atoms with Crippen LogP contribution in [0.5, 0.6) is 0 Å². The van der Waals surface area contributed by atoms with Gasteiger partial charge >= 0.3 is 6.18 Å². The molecule has 0 aromatic carbocycles. The van der Waals surface area contributed by atoms with Gasteiger partial charge < -0.3 is 4.84 Å². The van der Waals surface area contributed by atoms with Crippen molar-refractivity contribution < 1.29 is 18.0 Å². The number of imidazole rings is 1. The number of halogens is 4. The van der Waals surface area contributed by atoms with Gasteiger partial charge in [0.05, 0.1) is 10.6 Å². The molecule has 0 aliphatic rings. The zero-order valence-corrected chi connectivity index (χ0v) is 12.7. The smallest absolute Gasteiger partial charge is 0.399 e. The first-order valence-electron chi connectivity index (χ1n) is 6.11. The summed E-state index contributed by atoms with van der Waals surface area (Å²) in [6.45, 7) is 3.37. The van der Waals surface area contributed by atoms with Gasteiger partial charge in [0.15, 0.2) is 5.82 Å². The van der Waals surface area contributed by atoms with Crippen molar-refractivity contribution in [3.63, 3.8) is 0 Å². The number of aromatic nitrogens is 3. The van der Waals surface area contributed by atoms with Crippen LogP contribution in [0, 0.1) is 6.92 Å². The fraction of sp³-hybridized carbons (Fsp3) is 0.308. The molecule has 2 rings (SSSR count). The van der Waals surface area contributed by atoms with E-state index in [-0.39, 0.29) is 10.8 Å². The van der Waals surface area contributed by atoms with E-state index in [1.54, 1.807) is 20.0 Å². The van der Waals surface area contributed by atoms with Crippen molar-refractivity contribution in [3.05, 3.63) is 40.6 Å². The number of aryl methyl sites for hydroxylation is 1. The van der Waals surface area contributed by atoms with Crippen molar-refractivity contribution in [2.45, 2.75) is 20.0 Å². The van der Waals surface area contributed by atoms with Crippen LogP contribution in [0.15, 0.2) is 23.6 Å². The number of rotatable bonds is 3. The molecular weight excluding hydrogens is 321 g/mol. The Morgan fingerprint density at radius 1 is 1.41 bits per heavy atom. The van der Waals surface area contributed by atoms with E-state index in [0.717, 1.165) is 12.3 Å². The quantitative estimate of drug-likeness (QED) is 0.637. The van der Waals surface area contributed by atoms with Gasteiger partial charge in [0.1, 0.15) is 24.3 Å². The summed E-state index contributed by atoms with van der Waals surface area (Å²) in [7, 11) is 1.40. The topological polar surface area (TPSA) is 52.3 Å². The van der Waals surface area contributed by atoms with Crippen LogP contribution in [0.1, 0.15) is 24.0 Å². The number of nitrogens with zero attached hydrogens (tertiary/aromatic N) is 4. The third-order valence-electron chi connectivity index (χ3n) is 2.86. The molecule has 0 bridgehead atoms. The van der Waals surface area contributed by atoms with Crippen LogP contribution in [0.2, 0.25) is 5.02 Å². The Morgan fingerprint density at radius 3 is 2.64 bits per heavy atom. The monoisotopic (exact) mass is 332 g/mol. The molecular formula is C13H12ClF3N4O. The minimum Gasteiger partial charge on any atom is -0.399 e. The highest BCUT2D eigenvalue weighted by Crippen LogP contribution is 2.32. The second-order valence-corrected chi connectivity index (χ2v) is 4.84. The van der Waals surface area contributed by atoms with Gasteiger partial charge in [0, 0.05) is 12.4 Å². The van der Waals surface area contributed by atoms with Crippen molar-refractivity contribution in [2.75, 3.05) is 7.11 Å². The molecule has 0 saturated carbocycles. The molecule has 22 heavy (non-hydrogen) atoms. The molecule has 0 aliphatic carbocycles. The second-order valence-electron chi connectivity index (χ2n) is 4.43. The van der Waals surface area contributed by atoms with Gasteiger partial charge in [0.2, 0.25) is 0 Å². The van der Waals surface area contributed by atoms with E-state index in [2.05, 4.69) is 20.0 Å². The second kappa shape index (κ2) is 5.96. The third kappa shape index (κ3) is 3.22. The van der Waals surface area contributed by atoms with E-state index >= 15 is 0 Å². The summed E-state index contributed by atoms with van der Waals surface area (Å²) in [6, 6.07) is 0.832. The molecule has 0 unspecified atom stereocenters. The highest BCUT2D eigenvalue weighted by Gasteiger charge is 2.31. The molecule has 9 heteroatoms. The van der Waals surface area contributed by atoms with Crippen LogP contribution in [-0.2, 0) is 11.0 Å². The average molecular weight is 333 g/mol. The molecule has 0 aliphatic heterocycles. The van der Waals surface area contributed by atoms with Gasteiger partial charge in [-0.1, -0.05) is 16.8 Å². The average Bonchev–Trinajstić information content (AvgIpc) is 2.80. The molecule has 2 aromatic rings. The van der Waals surface area contributed by atoms with Crippen molar-refractivity contribution in [1.29, 1.82) is 0 Å². The first-order valence-corrected chi connectivity index (χ1v) is 6.49. The van der Waals surface area contributed by atoms with Gasteiger partial charge in [-0.05, 0) is 19.9 Å². The number of hydrogen-bond donors (Lipinski definition) is 0. The van der Waals surface area contributed by atoms with E-state index in [4.69, 9.17) is 11.6 Å². The van der Waals surface area contributed by atoms with E-state index in [1.807, 2.05) is 0 Å². The van der Waals surface area contributed by atoms with Gasteiger partial charge in [-0.25, -0.2) is 9.97 Å². The summed E-state index contributed by atoms with van der Waals surface area (Å²) in [5, 5.41) is 3.63. The SMILES string of the molecule is CO/N=C(\C)c1cn(-c2ncc(C(F)(F)F)cc2Cl)c(C)n1. The molecule has 0 saturated heterocycles. The molecule has 0 fully saturated rings. The molecule has 2 heterocycles. The van der Waals surface area contributed by atoms with Crippen LogP contribution in [0.4, 0.5) is 13.2 Å². The number of pyridine rings is 1. The zero-order chi connectivity index (χ0) is 16.5. The van der Waals surface area contributed by atoms with Gasteiger partial charge in [-0.15, -0.1) is 0 Å². The molecule has 0 amide bonds. The maximum atomic E-state index is 12.6. The lowest BCUT2D eigenvalue weighted by atomic mass is 10.2. The summed E-state index contributed by atoms with van der Waals surface area (Å²) in [4.78, 5) is 12.7. The normalized spacial score (nSPS) is 12.6. The van der Waals surface area contributed by atoms with Crippen LogP contribution < -0.4 is 0 Å². The lowest BCUT2D eigenvalue weighted by Crippen LogP contribution is -2.08.